The minimum absolute atomic E-state index is 0.0626. The quantitative estimate of drug-likeness (QED) is 0.477. The number of carbonyl (C=O) groups excluding carboxylic acids is 2. The molecule has 11 heteroatoms. The Morgan fingerprint density at radius 1 is 1.16 bits per heavy atom. The number of hydrogen-bond acceptors (Lipinski definition) is 4. The molecule has 0 aliphatic heterocycles. The smallest absolute Gasteiger partial charge is 0.350 e. The van der Waals surface area contributed by atoms with Gasteiger partial charge in [-0.1, -0.05) is 37.6 Å². The lowest BCUT2D eigenvalue weighted by atomic mass is 10.0. The molecule has 2 rings (SSSR count). The van der Waals surface area contributed by atoms with Gasteiger partial charge in [0.25, 0.3) is 11.6 Å². The van der Waals surface area contributed by atoms with Crippen molar-refractivity contribution in [1.29, 1.82) is 0 Å². The molecule has 1 atom stereocenters. The van der Waals surface area contributed by atoms with Gasteiger partial charge in [0.15, 0.2) is 0 Å². The third kappa shape index (κ3) is 6.42. The summed E-state index contributed by atoms with van der Waals surface area (Å²) in [5.74, 6) is -1.70. The van der Waals surface area contributed by atoms with Crippen LogP contribution in [-0.4, -0.2) is 22.8 Å². The molecule has 0 spiro atoms. The first-order chi connectivity index (χ1) is 14.4. The van der Waals surface area contributed by atoms with Gasteiger partial charge in [0, 0.05) is 18.2 Å². The average molecular weight is 458 g/mol. The van der Waals surface area contributed by atoms with Crippen molar-refractivity contribution in [2.45, 2.75) is 32.6 Å². The molecule has 0 aliphatic rings. The normalized spacial score (nSPS) is 12.4. The Bertz CT molecular complexity index is 996. The number of rotatable bonds is 7. The van der Waals surface area contributed by atoms with Crippen molar-refractivity contribution >= 4 is 29.1 Å². The van der Waals surface area contributed by atoms with Crippen LogP contribution in [0.15, 0.2) is 42.5 Å². The molecule has 1 unspecified atom stereocenters. The number of nitro groups is 1. The van der Waals surface area contributed by atoms with Gasteiger partial charge in [-0.3, -0.25) is 19.7 Å². The summed E-state index contributed by atoms with van der Waals surface area (Å²) in [7, 11) is 0. The molecule has 0 saturated heterocycles. The van der Waals surface area contributed by atoms with E-state index in [1.54, 1.807) is 13.8 Å². The summed E-state index contributed by atoms with van der Waals surface area (Å²) < 4.78 is 38.5. The van der Waals surface area contributed by atoms with Crippen LogP contribution in [0.3, 0.4) is 0 Å². The monoisotopic (exact) mass is 457 g/mol. The number of nitrogens with one attached hydrogen (secondary N) is 2. The van der Waals surface area contributed by atoms with E-state index in [4.69, 9.17) is 11.6 Å². The van der Waals surface area contributed by atoms with Crippen LogP contribution in [0.5, 0.6) is 0 Å². The van der Waals surface area contributed by atoms with Gasteiger partial charge in [0.05, 0.1) is 10.5 Å². The highest BCUT2D eigenvalue weighted by Crippen LogP contribution is 2.29. The molecule has 7 nitrogen and oxygen atoms in total. The summed E-state index contributed by atoms with van der Waals surface area (Å²) in [6.07, 6.45) is -4.50. The van der Waals surface area contributed by atoms with Crippen LogP contribution in [0.2, 0.25) is 5.02 Å². The van der Waals surface area contributed by atoms with Crippen molar-refractivity contribution in [2.24, 2.45) is 5.92 Å². The van der Waals surface area contributed by atoms with Crippen molar-refractivity contribution in [3.05, 3.63) is 74.3 Å². The van der Waals surface area contributed by atoms with E-state index in [1.165, 1.54) is 24.3 Å². The Morgan fingerprint density at radius 3 is 2.42 bits per heavy atom. The number of nitrogens with zero attached hydrogens (tertiary/aromatic N) is 1. The Labute approximate surface area is 180 Å². The summed E-state index contributed by atoms with van der Waals surface area (Å²) >= 11 is 5.73. The second-order valence-corrected chi connectivity index (χ2v) is 7.44. The first-order valence-corrected chi connectivity index (χ1v) is 9.46. The van der Waals surface area contributed by atoms with E-state index >= 15 is 0 Å². The molecule has 31 heavy (non-hydrogen) atoms. The number of hydrogen-bond donors (Lipinski definition) is 2. The summed E-state index contributed by atoms with van der Waals surface area (Å²) in [6, 6.07) is 6.98. The third-order valence-corrected chi connectivity index (χ3v) is 4.68. The van der Waals surface area contributed by atoms with Gasteiger partial charge in [0.1, 0.15) is 11.1 Å². The first-order valence-electron chi connectivity index (χ1n) is 9.08. The predicted octanol–water partition coefficient (Wildman–Crippen LogP) is 4.34. The fourth-order valence-electron chi connectivity index (χ4n) is 2.71. The van der Waals surface area contributed by atoms with Crippen LogP contribution in [0.25, 0.3) is 0 Å². The van der Waals surface area contributed by atoms with E-state index in [0.717, 1.165) is 18.2 Å². The van der Waals surface area contributed by atoms with Gasteiger partial charge in [-0.2, -0.15) is 13.2 Å². The maximum atomic E-state index is 12.8. The molecular formula is C20H19ClF3N3O4. The zero-order valence-corrected chi connectivity index (χ0v) is 17.3. The van der Waals surface area contributed by atoms with E-state index < -0.39 is 40.2 Å². The lowest BCUT2D eigenvalue weighted by Crippen LogP contribution is -2.49. The summed E-state index contributed by atoms with van der Waals surface area (Å²) in [5.41, 5.74) is -1.11. The topological polar surface area (TPSA) is 101 Å². The zero-order valence-electron chi connectivity index (χ0n) is 16.5. The second kappa shape index (κ2) is 9.78. The predicted molar refractivity (Wildman–Crippen MR) is 107 cm³/mol. The van der Waals surface area contributed by atoms with Gasteiger partial charge < -0.3 is 10.6 Å². The molecule has 0 aliphatic carbocycles. The van der Waals surface area contributed by atoms with Gasteiger partial charge in [-0.15, -0.1) is 0 Å². The number of alkyl halides is 3. The van der Waals surface area contributed by atoms with Crippen LogP contribution in [-0.2, 0) is 17.5 Å². The number of nitro benzene ring substituents is 1. The van der Waals surface area contributed by atoms with Gasteiger partial charge in [-0.25, -0.2) is 0 Å². The van der Waals surface area contributed by atoms with Crippen molar-refractivity contribution in [2.75, 3.05) is 0 Å². The molecule has 0 aromatic heterocycles. The maximum Gasteiger partial charge on any atom is 0.416 e. The van der Waals surface area contributed by atoms with Gasteiger partial charge in [-0.05, 0) is 35.7 Å². The fourth-order valence-corrected chi connectivity index (χ4v) is 2.90. The molecular weight excluding hydrogens is 439 g/mol. The summed E-state index contributed by atoms with van der Waals surface area (Å²) in [4.78, 5) is 35.3. The molecule has 0 radical (unpaired) electrons. The molecule has 2 aromatic rings. The van der Waals surface area contributed by atoms with Crippen LogP contribution in [0.1, 0.15) is 35.3 Å². The number of benzene rings is 2. The third-order valence-electron chi connectivity index (χ3n) is 4.36. The number of halogens is 4. The van der Waals surface area contributed by atoms with Crippen molar-refractivity contribution < 1.29 is 27.7 Å². The standard InChI is InChI=1S/C20H19ClF3N3O4/c1-11(2)17(26-18(28)13-6-7-15(21)16(9-13)27(30)31)19(29)25-10-12-4-3-5-14(8-12)20(22,23)24/h3-9,11,17H,10H2,1-2H3,(H,25,29)(H,26,28). The molecule has 2 N–H and O–H groups in total. The van der Waals surface area contributed by atoms with Crippen LogP contribution in [0.4, 0.5) is 18.9 Å². The molecule has 0 saturated carbocycles. The lowest BCUT2D eigenvalue weighted by molar-refractivity contribution is -0.384. The van der Waals surface area contributed by atoms with E-state index in [9.17, 15) is 32.9 Å². The Hall–Kier alpha value is -3.14. The molecule has 166 valence electrons. The maximum absolute atomic E-state index is 12.8. The lowest BCUT2D eigenvalue weighted by Gasteiger charge is -2.22. The second-order valence-electron chi connectivity index (χ2n) is 7.03. The van der Waals surface area contributed by atoms with Crippen LogP contribution < -0.4 is 10.6 Å². The van der Waals surface area contributed by atoms with Gasteiger partial charge >= 0.3 is 6.18 Å². The minimum Gasteiger partial charge on any atom is -0.350 e. The SMILES string of the molecule is CC(C)C(NC(=O)c1ccc(Cl)c([N+](=O)[O-])c1)C(=O)NCc1cccc(C(F)(F)F)c1. The molecule has 2 aromatic carbocycles. The summed E-state index contributed by atoms with van der Waals surface area (Å²) in [6.45, 7) is 3.16. The van der Waals surface area contributed by atoms with Crippen molar-refractivity contribution in [1.82, 2.24) is 10.6 Å². The number of carbonyl (C=O) groups is 2. The van der Waals surface area contributed by atoms with E-state index in [-0.39, 0.29) is 28.6 Å². The van der Waals surface area contributed by atoms with Crippen LogP contribution >= 0.6 is 11.6 Å². The van der Waals surface area contributed by atoms with E-state index in [0.29, 0.717) is 0 Å². The van der Waals surface area contributed by atoms with Crippen molar-refractivity contribution in [3.63, 3.8) is 0 Å². The van der Waals surface area contributed by atoms with Crippen LogP contribution in [0, 0.1) is 16.0 Å². The highest BCUT2D eigenvalue weighted by Gasteiger charge is 2.30. The Morgan fingerprint density at radius 2 is 1.84 bits per heavy atom. The van der Waals surface area contributed by atoms with E-state index in [2.05, 4.69) is 10.6 Å². The molecule has 0 heterocycles. The number of amides is 2. The highest BCUT2D eigenvalue weighted by molar-refractivity contribution is 6.32. The average Bonchev–Trinajstić information content (AvgIpc) is 2.69. The van der Waals surface area contributed by atoms with E-state index in [1.807, 2.05) is 0 Å². The minimum atomic E-state index is -4.50. The fraction of sp³-hybridized carbons (Fsp3) is 0.300. The van der Waals surface area contributed by atoms with Crippen molar-refractivity contribution in [3.8, 4) is 0 Å². The van der Waals surface area contributed by atoms with Gasteiger partial charge in [0.2, 0.25) is 5.91 Å². The highest BCUT2D eigenvalue weighted by atomic mass is 35.5. The Balaban J connectivity index is 2.10. The molecule has 0 fully saturated rings. The molecule has 0 bridgehead atoms. The largest absolute Gasteiger partial charge is 0.416 e. The Kier molecular flexibility index (Phi) is 7.61. The summed E-state index contributed by atoms with van der Waals surface area (Å²) in [5, 5.41) is 15.9. The molecule has 2 amide bonds. The zero-order chi connectivity index (χ0) is 23.3. The first kappa shape index (κ1) is 24.1.